The van der Waals surface area contributed by atoms with Crippen LogP contribution in [-0.2, 0) is 16.6 Å². The lowest BCUT2D eigenvalue weighted by molar-refractivity contribution is 0.0997. The number of hydrogen-bond donors (Lipinski definition) is 0. The number of ether oxygens (including phenoxy) is 2. The van der Waals surface area contributed by atoms with E-state index >= 15 is 0 Å². The van der Waals surface area contributed by atoms with Crippen LogP contribution in [0, 0.1) is 0 Å². The van der Waals surface area contributed by atoms with Crippen molar-refractivity contribution in [2.75, 3.05) is 25.8 Å². The van der Waals surface area contributed by atoms with Crippen molar-refractivity contribution < 1.29 is 22.7 Å². The maximum Gasteiger partial charge on any atom is 0.279 e. The quantitative estimate of drug-likeness (QED) is 0.489. The Balaban J connectivity index is 1.48. The van der Waals surface area contributed by atoms with Crippen molar-refractivity contribution in [2.24, 2.45) is 4.99 Å². The van der Waals surface area contributed by atoms with Crippen molar-refractivity contribution in [2.45, 2.75) is 30.3 Å². The number of hydrogen-bond acceptors (Lipinski definition) is 7. The van der Waals surface area contributed by atoms with Crippen LogP contribution in [-0.4, -0.2) is 55.1 Å². The maximum absolute atomic E-state index is 12.9. The van der Waals surface area contributed by atoms with Crippen LogP contribution < -0.4 is 14.3 Å². The van der Waals surface area contributed by atoms with Gasteiger partial charge in [0, 0.05) is 43.1 Å². The number of rotatable bonds is 7. The molecular formula is C22H23N3O5S3. The van der Waals surface area contributed by atoms with Crippen molar-refractivity contribution in [1.29, 1.82) is 0 Å². The van der Waals surface area contributed by atoms with Gasteiger partial charge in [0.05, 0.1) is 15.1 Å². The molecule has 0 atom stereocenters. The molecule has 1 saturated carbocycles. The van der Waals surface area contributed by atoms with E-state index in [-0.39, 0.29) is 17.7 Å². The number of fused-ring (bicyclic) bond motifs is 2. The molecule has 0 radical (unpaired) electrons. The lowest BCUT2D eigenvalue weighted by atomic mass is 10.2. The van der Waals surface area contributed by atoms with Crippen LogP contribution in [0.25, 0.3) is 10.2 Å². The van der Waals surface area contributed by atoms with E-state index in [1.54, 1.807) is 18.8 Å². The minimum absolute atomic E-state index is 0.0770. The van der Waals surface area contributed by atoms with E-state index in [2.05, 4.69) is 4.99 Å². The zero-order valence-electron chi connectivity index (χ0n) is 18.2. The SMILES string of the molecule is CSCCn1c(=NC(=O)c2ccc(S(=O)(=O)N(C)C3CC3)cc2)sc2cc3c(cc21)OCO3. The zero-order valence-corrected chi connectivity index (χ0v) is 20.6. The predicted octanol–water partition coefficient (Wildman–Crippen LogP) is 3.32. The molecule has 33 heavy (non-hydrogen) atoms. The number of amides is 1. The van der Waals surface area contributed by atoms with Crippen molar-refractivity contribution in [3.8, 4) is 11.5 Å². The molecule has 1 aliphatic heterocycles. The Morgan fingerprint density at radius 1 is 1.21 bits per heavy atom. The Morgan fingerprint density at radius 3 is 2.58 bits per heavy atom. The van der Waals surface area contributed by atoms with E-state index in [1.807, 2.05) is 23.0 Å². The molecule has 1 amide bonds. The number of nitrogens with zero attached hydrogens (tertiary/aromatic N) is 3. The van der Waals surface area contributed by atoms with Crippen LogP contribution in [0.1, 0.15) is 23.2 Å². The van der Waals surface area contributed by atoms with Crippen molar-refractivity contribution >= 4 is 49.2 Å². The number of aromatic nitrogens is 1. The Hall–Kier alpha value is -2.34. The molecule has 0 saturated heterocycles. The van der Waals surface area contributed by atoms with Crippen LogP contribution in [0.5, 0.6) is 11.5 Å². The summed E-state index contributed by atoms with van der Waals surface area (Å²) >= 11 is 3.12. The van der Waals surface area contributed by atoms with Crippen molar-refractivity contribution in [3.63, 3.8) is 0 Å². The second-order valence-corrected chi connectivity index (χ2v) is 11.9. The van der Waals surface area contributed by atoms with Gasteiger partial charge >= 0.3 is 0 Å². The smallest absolute Gasteiger partial charge is 0.279 e. The maximum atomic E-state index is 12.9. The molecule has 0 bridgehead atoms. The summed E-state index contributed by atoms with van der Waals surface area (Å²) in [6.45, 7) is 0.896. The number of carbonyl (C=O) groups excluding carboxylic acids is 1. The molecule has 2 aromatic carbocycles. The normalized spacial score (nSPS) is 16.2. The monoisotopic (exact) mass is 505 g/mol. The summed E-state index contributed by atoms with van der Waals surface area (Å²) in [6.07, 6.45) is 3.80. The largest absolute Gasteiger partial charge is 0.454 e. The second kappa shape index (κ2) is 8.79. The molecule has 8 nitrogen and oxygen atoms in total. The van der Waals surface area contributed by atoms with Crippen molar-refractivity contribution in [3.05, 3.63) is 46.8 Å². The van der Waals surface area contributed by atoms with Gasteiger partial charge in [-0.3, -0.25) is 4.79 Å². The summed E-state index contributed by atoms with van der Waals surface area (Å²) in [4.78, 5) is 18.1. The van der Waals surface area contributed by atoms with E-state index in [9.17, 15) is 13.2 Å². The average Bonchev–Trinajstić information content (AvgIpc) is 3.47. The summed E-state index contributed by atoms with van der Waals surface area (Å²) in [6, 6.07) is 9.91. The number of aryl methyl sites for hydroxylation is 1. The van der Waals surface area contributed by atoms with Crippen molar-refractivity contribution in [1.82, 2.24) is 8.87 Å². The molecule has 3 aromatic rings. The first kappa shape index (κ1) is 22.5. The van der Waals surface area contributed by atoms with Crippen LogP contribution in [0.4, 0.5) is 0 Å². The minimum atomic E-state index is -3.55. The first-order chi connectivity index (χ1) is 15.9. The number of benzene rings is 2. The molecule has 1 aliphatic carbocycles. The van der Waals surface area contributed by atoms with Gasteiger partial charge in [0.25, 0.3) is 5.91 Å². The van der Waals surface area contributed by atoms with Gasteiger partial charge in [0.15, 0.2) is 16.3 Å². The third-order valence-corrected chi connectivity index (χ3v) is 9.29. The van der Waals surface area contributed by atoms with Gasteiger partial charge in [0.1, 0.15) is 0 Å². The standard InChI is InChI=1S/C22H23N3O5S3/c1-24(15-5-6-15)33(27,28)16-7-3-14(4-8-16)21(26)23-22-25(9-10-31-2)17-11-18-19(30-13-29-18)12-20(17)32-22/h3-4,7-8,11-12,15H,5-6,9-10,13H2,1-2H3. The lowest BCUT2D eigenvalue weighted by Crippen LogP contribution is -2.28. The first-order valence-electron chi connectivity index (χ1n) is 10.5. The third-order valence-electron chi connectivity index (χ3n) is 5.73. The Morgan fingerprint density at radius 2 is 1.91 bits per heavy atom. The summed E-state index contributed by atoms with van der Waals surface area (Å²) in [5.41, 5.74) is 1.28. The summed E-state index contributed by atoms with van der Waals surface area (Å²) in [7, 11) is -1.95. The highest BCUT2D eigenvalue weighted by atomic mass is 32.2. The van der Waals surface area contributed by atoms with Gasteiger partial charge in [-0.2, -0.15) is 21.1 Å². The summed E-state index contributed by atoms with van der Waals surface area (Å²) in [5, 5.41) is 0. The molecule has 11 heteroatoms. The number of sulfonamides is 1. The molecule has 174 valence electrons. The number of thioether (sulfide) groups is 1. The van der Waals surface area contributed by atoms with Gasteiger partial charge in [-0.25, -0.2) is 8.42 Å². The third kappa shape index (κ3) is 4.30. The molecule has 0 spiro atoms. The van der Waals surface area contributed by atoms with Gasteiger partial charge in [-0.05, 0) is 43.4 Å². The summed E-state index contributed by atoms with van der Waals surface area (Å²) in [5.74, 6) is 1.82. The number of thiazole rings is 1. The lowest BCUT2D eigenvalue weighted by Gasteiger charge is -2.16. The first-order valence-corrected chi connectivity index (χ1v) is 14.1. The van der Waals surface area contributed by atoms with Crippen LogP contribution in [0.3, 0.4) is 0 Å². The highest BCUT2D eigenvalue weighted by Gasteiger charge is 2.35. The van der Waals surface area contributed by atoms with E-state index < -0.39 is 15.9 Å². The molecular weight excluding hydrogens is 482 g/mol. The average molecular weight is 506 g/mol. The van der Waals surface area contributed by atoms with Gasteiger partial charge in [0.2, 0.25) is 16.8 Å². The van der Waals surface area contributed by atoms with E-state index in [1.165, 1.54) is 39.9 Å². The Labute approximate surface area is 199 Å². The molecule has 1 fully saturated rings. The molecule has 0 N–H and O–H groups in total. The minimum Gasteiger partial charge on any atom is -0.454 e. The van der Waals surface area contributed by atoms with E-state index in [0.717, 1.165) is 28.8 Å². The molecule has 1 aromatic heterocycles. The molecule has 0 unspecified atom stereocenters. The zero-order chi connectivity index (χ0) is 23.2. The number of carbonyl (C=O) groups is 1. The Bertz CT molecular complexity index is 1390. The van der Waals surface area contributed by atoms with E-state index in [0.29, 0.717) is 28.4 Å². The van der Waals surface area contributed by atoms with Gasteiger partial charge in [-0.15, -0.1) is 0 Å². The van der Waals surface area contributed by atoms with Gasteiger partial charge in [-0.1, -0.05) is 11.3 Å². The fraction of sp³-hybridized carbons (Fsp3) is 0.364. The van der Waals surface area contributed by atoms with Crippen LogP contribution >= 0.6 is 23.1 Å². The van der Waals surface area contributed by atoms with Crippen LogP contribution in [0.15, 0.2) is 46.3 Å². The highest BCUT2D eigenvalue weighted by molar-refractivity contribution is 7.98. The van der Waals surface area contributed by atoms with Crippen LogP contribution in [0.2, 0.25) is 0 Å². The fourth-order valence-electron chi connectivity index (χ4n) is 3.67. The topological polar surface area (TPSA) is 90.2 Å². The summed E-state index contributed by atoms with van der Waals surface area (Å²) < 4.78 is 40.8. The molecule has 5 rings (SSSR count). The predicted molar refractivity (Wildman–Crippen MR) is 129 cm³/mol. The van der Waals surface area contributed by atoms with E-state index in [4.69, 9.17) is 9.47 Å². The molecule has 2 heterocycles. The fourth-order valence-corrected chi connectivity index (χ4v) is 6.51. The second-order valence-electron chi connectivity index (χ2n) is 7.90. The van der Waals surface area contributed by atoms with Gasteiger partial charge < -0.3 is 14.0 Å². The Kier molecular flexibility index (Phi) is 5.98. The highest BCUT2D eigenvalue weighted by Crippen LogP contribution is 2.37. The molecule has 2 aliphatic rings.